The predicted molar refractivity (Wildman–Crippen MR) is 78.5 cm³/mol. The highest BCUT2D eigenvalue weighted by atomic mass is 35.5. The number of benzene rings is 1. The molecule has 2 rings (SSSR count). The van der Waals surface area contributed by atoms with Gasteiger partial charge < -0.3 is 0 Å². The van der Waals surface area contributed by atoms with Gasteiger partial charge >= 0.3 is 0 Å². The van der Waals surface area contributed by atoms with Crippen LogP contribution in [-0.2, 0) is 0 Å². The van der Waals surface area contributed by atoms with Gasteiger partial charge in [0, 0.05) is 16.3 Å². The standard InChI is InChI=1S/C15H19ClN2O/c1-10-4-3-5-11(2)14(10)17-18-15(19)12-6-8-13(16)9-7-12/h6-11H,3-5H2,1-2H3,(H,18,19)/t10-,11-/m0/s1. The minimum atomic E-state index is -0.186. The molecule has 0 unspecified atom stereocenters. The highest BCUT2D eigenvalue weighted by Crippen LogP contribution is 2.25. The molecule has 1 fully saturated rings. The topological polar surface area (TPSA) is 41.5 Å². The Morgan fingerprint density at radius 2 is 1.79 bits per heavy atom. The van der Waals surface area contributed by atoms with E-state index in [1.807, 2.05) is 0 Å². The van der Waals surface area contributed by atoms with Crippen molar-refractivity contribution in [3.63, 3.8) is 0 Å². The van der Waals surface area contributed by atoms with E-state index in [0.29, 0.717) is 22.4 Å². The van der Waals surface area contributed by atoms with E-state index in [1.54, 1.807) is 24.3 Å². The average Bonchev–Trinajstić information content (AvgIpc) is 2.38. The zero-order chi connectivity index (χ0) is 13.8. The van der Waals surface area contributed by atoms with Crippen molar-refractivity contribution >= 4 is 23.2 Å². The number of hydrogen-bond acceptors (Lipinski definition) is 2. The lowest BCUT2D eigenvalue weighted by Crippen LogP contribution is -2.29. The number of halogens is 1. The second-order valence-electron chi connectivity index (χ2n) is 5.22. The molecule has 0 saturated heterocycles. The van der Waals surface area contributed by atoms with Crippen LogP contribution in [-0.4, -0.2) is 11.6 Å². The van der Waals surface area contributed by atoms with Gasteiger partial charge in [-0.2, -0.15) is 5.10 Å². The molecule has 3 nitrogen and oxygen atoms in total. The van der Waals surface area contributed by atoms with Crippen LogP contribution in [0.4, 0.5) is 0 Å². The van der Waals surface area contributed by atoms with Gasteiger partial charge in [0.25, 0.3) is 5.91 Å². The molecule has 4 heteroatoms. The number of nitrogens with zero attached hydrogens (tertiary/aromatic N) is 1. The number of hydrogen-bond donors (Lipinski definition) is 1. The third-order valence-electron chi connectivity index (χ3n) is 3.68. The Bertz CT molecular complexity index is 469. The van der Waals surface area contributed by atoms with Crippen LogP contribution in [0.1, 0.15) is 43.5 Å². The van der Waals surface area contributed by atoms with Crippen molar-refractivity contribution in [3.05, 3.63) is 34.9 Å². The van der Waals surface area contributed by atoms with Gasteiger partial charge in [-0.05, 0) is 48.9 Å². The normalized spacial score (nSPS) is 23.0. The van der Waals surface area contributed by atoms with Gasteiger partial charge in [-0.15, -0.1) is 0 Å². The first kappa shape index (κ1) is 14.1. The third kappa shape index (κ3) is 3.57. The number of hydrazone groups is 1. The van der Waals surface area contributed by atoms with Gasteiger partial charge in [-0.1, -0.05) is 31.9 Å². The van der Waals surface area contributed by atoms with E-state index in [-0.39, 0.29) is 5.91 Å². The molecule has 2 atom stereocenters. The Morgan fingerprint density at radius 3 is 2.37 bits per heavy atom. The third-order valence-corrected chi connectivity index (χ3v) is 3.93. The van der Waals surface area contributed by atoms with E-state index in [4.69, 9.17) is 11.6 Å². The lowest BCUT2D eigenvalue weighted by atomic mass is 9.81. The van der Waals surface area contributed by atoms with E-state index < -0.39 is 0 Å². The van der Waals surface area contributed by atoms with Gasteiger partial charge in [0.15, 0.2) is 0 Å². The van der Waals surface area contributed by atoms with Gasteiger partial charge in [0.1, 0.15) is 0 Å². The molecule has 19 heavy (non-hydrogen) atoms. The smallest absolute Gasteiger partial charge is 0.267 e. The molecule has 0 radical (unpaired) electrons. The minimum Gasteiger partial charge on any atom is -0.267 e. The molecule has 1 aromatic rings. The molecule has 1 N–H and O–H groups in total. The number of carbonyl (C=O) groups excluding carboxylic acids is 1. The first-order chi connectivity index (χ1) is 9.08. The van der Waals surface area contributed by atoms with Crippen molar-refractivity contribution in [1.82, 2.24) is 5.43 Å². The summed E-state index contributed by atoms with van der Waals surface area (Å²) in [5, 5.41) is 4.95. The fraction of sp³-hybridized carbons (Fsp3) is 0.467. The molecular formula is C15H19ClN2O. The van der Waals surface area contributed by atoms with E-state index in [2.05, 4.69) is 24.4 Å². The number of rotatable bonds is 2. The number of carbonyl (C=O) groups is 1. The summed E-state index contributed by atoms with van der Waals surface area (Å²) < 4.78 is 0. The monoisotopic (exact) mass is 278 g/mol. The van der Waals surface area contributed by atoms with E-state index in [1.165, 1.54) is 6.42 Å². The van der Waals surface area contributed by atoms with Gasteiger partial charge in [0.2, 0.25) is 0 Å². The number of amides is 1. The maximum Gasteiger partial charge on any atom is 0.271 e. The van der Waals surface area contributed by atoms with Crippen LogP contribution in [0.3, 0.4) is 0 Å². The fourth-order valence-corrected chi connectivity index (χ4v) is 2.64. The molecule has 0 bridgehead atoms. The van der Waals surface area contributed by atoms with Crippen molar-refractivity contribution in [2.75, 3.05) is 0 Å². The van der Waals surface area contributed by atoms with Crippen molar-refractivity contribution in [2.45, 2.75) is 33.1 Å². The highest BCUT2D eigenvalue weighted by Gasteiger charge is 2.23. The zero-order valence-corrected chi connectivity index (χ0v) is 12.1. The molecule has 1 aromatic carbocycles. The van der Waals surface area contributed by atoms with E-state index >= 15 is 0 Å². The van der Waals surface area contributed by atoms with Crippen molar-refractivity contribution in [3.8, 4) is 0 Å². The second kappa shape index (κ2) is 6.20. The maximum absolute atomic E-state index is 12.0. The van der Waals surface area contributed by atoms with Crippen molar-refractivity contribution < 1.29 is 4.79 Å². The van der Waals surface area contributed by atoms with Gasteiger partial charge in [0.05, 0.1) is 0 Å². The van der Waals surface area contributed by atoms with Gasteiger partial charge in [-0.25, -0.2) is 5.43 Å². The average molecular weight is 279 g/mol. The first-order valence-corrected chi connectivity index (χ1v) is 7.09. The van der Waals surface area contributed by atoms with Crippen LogP contribution in [0.15, 0.2) is 29.4 Å². The summed E-state index contributed by atoms with van der Waals surface area (Å²) in [6.07, 6.45) is 3.55. The van der Waals surface area contributed by atoms with Crippen LogP contribution < -0.4 is 5.43 Å². The number of nitrogens with one attached hydrogen (secondary N) is 1. The molecule has 1 aliphatic rings. The molecule has 0 spiro atoms. The summed E-state index contributed by atoms with van der Waals surface area (Å²) >= 11 is 5.79. The van der Waals surface area contributed by atoms with Gasteiger partial charge in [-0.3, -0.25) is 4.79 Å². The Balaban J connectivity index is 2.04. The predicted octanol–water partition coefficient (Wildman–Crippen LogP) is 3.88. The fourth-order valence-electron chi connectivity index (χ4n) is 2.51. The Labute approximate surface area is 119 Å². The molecule has 0 aromatic heterocycles. The van der Waals surface area contributed by atoms with Crippen LogP contribution in [0.5, 0.6) is 0 Å². The summed E-state index contributed by atoms with van der Waals surface area (Å²) in [7, 11) is 0. The lowest BCUT2D eigenvalue weighted by Gasteiger charge is -2.26. The highest BCUT2D eigenvalue weighted by molar-refractivity contribution is 6.30. The maximum atomic E-state index is 12.0. The van der Waals surface area contributed by atoms with Crippen LogP contribution in [0, 0.1) is 11.8 Å². The molecule has 102 valence electrons. The molecule has 0 heterocycles. The van der Waals surface area contributed by atoms with Crippen molar-refractivity contribution in [1.29, 1.82) is 0 Å². The second-order valence-corrected chi connectivity index (χ2v) is 5.65. The summed E-state index contributed by atoms with van der Waals surface area (Å²) in [6, 6.07) is 6.81. The Hall–Kier alpha value is -1.35. The molecule has 1 amide bonds. The van der Waals surface area contributed by atoms with E-state index in [9.17, 15) is 4.79 Å². The Morgan fingerprint density at radius 1 is 1.21 bits per heavy atom. The molecule has 0 aliphatic heterocycles. The Kier molecular flexibility index (Phi) is 4.59. The quantitative estimate of drug-likeness (QED) is 0.820. The van der Waals surface area contributed by atoms with Crippen LogP contribution in [0.25, 0.3) is 0 Å². The summed E-state index contributed by atoms with van der Waals surface area (Å²) in [6.45, 7) is 4.34. The summed E-state index contributed by atoms with van der Waals surface area (Å²) in [5.74, 6) is 0.720. The molecule has 1 saturated carbocycles. The summed E-state index contributed by atoms with van der Waals surface area (Å²) in [4.78, 5) is 12.0. The largest absolute Gasteiger partial charge is 0.271 e. The SMILES string of the molecule is C[C@H]1CCC[C@H](C)C1=NNC(=O)c1ccc(Cl)cc1. The van der Waals surface area contributed by atoms with Crippen molar-refractivity contribution in [2.24, 2.45) is 16.9 Å². The first-order valence-electron chi connectivity index (χ1n) is 6.71. The minimum absolute atomic E-state index is 0.186. The lowest BCUT2D eigenvalue weighted by molar-refractivity contribution is 0.0954. The van der Waals surface area contributed by atoms with E-state index in [0.717, 1.165) is 18.6 Å². The summed E-state index contributed by atoms with van der Waals surface area (Å²) in [5.41, 5.74) is 4.33. The molecular weight excluding hydrogens is 260 g/mol. The zero-order valence-electron chi connectivity index (χ0n) is 11.3. The van der Waals surface area contributed by atoms with Crippen LogP contribution >= 0.6 is 11.6 Å². The molecule has 1 aliphatic carbocycles. The van der Waals surface area contributed by atoms with Crippen LogP contribution in [0.2, 0.25) is 5.02 Å².